The molecule has 0 N–H and O–H groups in total. The molecule has 5 heteroatoms. The Morgan fingerprint density at radius 3 is 2.30 bits per heavy atom. The van der Waals surface area contributed by atoms with E-state index in [0.717, 1.165) is 29.5 Å². The van der Waals surface area contributed by atoms with Crippen LogP contribution in [0.25, 0.3) is 11.5 Å². The van der Waals surface area contributed by atoms with Crippen LogP contribution >= 0.6 is 0 Å². The first-order valence-electron chi connectivity index (χ1n) is 7.16. The minimum Gasteiger partial charge on any atom is -0.272 e. The summed E-state index contributed by atoms with van der Waals surface area (Å²) in [7, 11) is 1.95. The van der Waals surface area contributed by atoms with E-state index in [-0.39, 0.29) is 5.54 Å². The smallest absolute Gasteiger partial charge is 0.179 e. The SMILES string of the molecule is Cc1cc(-c2nc(CC(C)C)nn2C(C)(C)C)nn1C. The van der Waals surface area contributed by atoms with Crippen LogP contribution in [0.3, 0.4) is 0 Å². The van der Waals surface area contributed by atoms with Crippen molar-refractivity contribution < 1.29 is 0 Å². The minimum atomic E-state index is -0.108. The zero-order chi connectivity index (χ0) is 15.1. The Kier molecular flexibility index (Phi) is 3.71. The lowest BCUT2D eigenvalue weighted by atomic mass is 10.1. The third kappa shape index (κ3) is 2.92. The first-order valence-corrected chi connectivity index (χ1v) is 7.16. The first kappa shape index (κ1) is 14.8. The standard InChI is InChI=1S/C15H25N5/c1-10(2)8-13-16-14(20(18-13)15(4,5)6)12-9-11(3)19(7)17-12/h9-10H,8H2,1-7H3. The predicted molar refractivity (Wildman–Crippen MR) is 80.5 cm³/mol. The minimum absolute atomic E-state index is 0.108. The molecule has 2 aromatic rings. The lowest BCUT2D eigenvalue weighted by Gasteiger charge is -2.20. The van der Waals surface area contributed by atoms with Crippen LogP contribution in [0.1, 0.15) is 46.1 Å². The van der Waals surface area contributed by atoms with Gasteiger partial charge in [-0.1, -0.05) is 13.8 Å². The summed E-state index contributed by atoms with van der Waals surface area (Å²) in [5, 5.41) is 9.23. The molecule has 0 saturated carbocycles. The third-order valence-corrected chi connectivity index (χ3v) is 3.22. The maximum Gasteiger partial charge on any atom is 0.179 e. The molecule has 0 amide bonds. The zero-order valence-corrected chi connectivity index (χ0v) is 13.6. The number of hydrogen-bond donors (Lipinski definition) is 0. The van der Waals surface area contributed by atoms with Crippen molar-refractivity contribution in [1.82, 2.24) is 24.5 Å². The summed E-state index contributed by atoms with van der Waals surface area (Å²) in [6.07, 6.45) is 0.891. The maximum absolute atomic E-state index is 4.72. The van der Waals surface area contributed by atoms with Crippen LogP contribution in [0.4, 0.5) is 0 Å². The van der Waals surface area contributed by atoms with E-state index in [4.69, 9.17) is 10.1 Å². The van der Waals surface area contributed by atoms with Gasteiger partial charge in [-0.3, -0.25) is 4.68 Å². The van der Waals surface area contributed by atoms with Crippen molar-refractivity contribution in [2.24, 2.45) is 13.0 Å². The molecule has 0 fully saturated rings. The van der Waals surface area contributed by atoms with Crippen LogP contribution in [0, 0.1) is 12.8 Å². The molecule has 0 spiro atoms. The molecule has 0 saturated heterocycles. The van der Waals surface area contributed by atoms with Gasteiger partial charge in [0.1, 0.15) is 5.69 Å². The van der Waals surface area contributed by atoms with Crippen molar-refractivity contribution in [1.29, 1.82) is 0 Å². The molecule has 0 aliphatic rings. The highest BCUT2D eigenvalue weighted by atomic mass is 15.4. The molecule has 2 rings (SSSR count). The molecule has 0 atom stereocenters. The molecule has 20 heavy (non-hydrogen) atoms. The van der Waals surface area contributed by atoms with E-state index in [1.54, 1.807) is 0 Å². The number of aryl methyl sites for hydroxylation is 2. The lowest BCUT2D eigenvalue weighted by Crippen LogP contribution is -2.24. The van der Waals surface area contributed by atoms with Gasteiger partial charge >= 0.3 is 0 Å². The molecular formula is C15H25N5. The summed E-state index contributed by atoms with van der Waals surface area (Å²) in [5.74, 6) is 2.30. The normalized spacial score (nSPS) is 12.4. The van der Waals surface area contributed by atoms with E-state index in [1.807, 2.05) is 23.3 Å². The Balaban J connectivity index is 2.52. The third-order valence-electron chi connectivity index (χ3n) is 3.22. The second-order valence-electron chi connectivity index (χ2n) is 6.83. The van der Waals surface area contributed by atoms with E-state index < -0.39 is 0 Å². The Morgan fingerprint density at radius 2 is 1.85 bits per heavy atom. The predicted octanol–water partition coefficient (Wildman–Crippen LogP) is 2.94. The van der Waals surface area contributed by atoms with Crippen LogP contribution in [0.5, 0.6) is 0 Å². The molecule has 0 aromatic carbocycles. The van der Waals surface area contributed by atoms with Crippen molar-refractivity contribution in [3.05, 3.63) is 17.6 Å². The van der Waals surface area contributed by atoms with Crippen LogP contribution in [-0.2, 0) is 19.0 Å². The van der Waals surface area contributed by atoms with Gasteiger partial charge in [0.05, 0.1) is 5.54 Å². The number of nitrogens with zero attached hydrogens (tertiary/aromatic N) is 5. The highest BCUT2D eigenvalue weighted by Crippen LogP contribution is 2.24. The second-order valence-corrected chi connectivity index (χ2v) is 6.83. The van der Waals surface area contributed by atoms with Crippen molar-refractivity contribution in [2.45, 2.75) is 53.5 Å². The molecular weight excluding hydrogens is 250 g/mol. The lowest BCUT2D eigenvalue weighted by molar-refractivity contribution is 0.355. The highest BCUT2D eigenvalue weighted by Gasteiger charge is 2.23. The molecule has 2 aromatic heterocycles. The van der Waals surface area contributed by atoms with Gasteiger partial charge in [-0.15, -0.1) is 0 Å². The summed E-state index contributed by atoms with van der Waals surface area (Å²) in [6.45, 7) is 12.8. The van der Waals surface area contributed by atoms with Crippen molar-refractivity contribution in [3.63, 3.8) is 0 Å². The van der Waals surface area contributed by atoms with E-state index >= 15 is 0 Å². The van der Waals surface area contributed by atoms with Gasteiger partial charge in [0, 0.05) is 19.2 Å². The fourth-order valence-corrected chi connectivity index (χ4v) is 2.11. The van der Waals surface area contributed by atoms with Crippen molar-refractivity contribution in [3.8, 4) is 11.5 Å². The van der Waals surface area contributed by atoms with Gasteiger partial charge in [-0.2, -0.15) is 10.2 Å². The van der Waals surface area contributed by atoms with Gasteiger partial charge in [0.2, 0.25) is 0 Å². The van der Waals surface area contributed by atoms with E-state index in [0.29, 0.717) is 5.92 Å². The summed E-state index contributed by atoms with van der Waals surface area (Å²) in [4.78, 5) is 4.72. The Morgan fingerprint density at radius 1 is 1.20 bits per heavy atom. The maximum atomic E-state index is 4.72. The molecule has 2 heterocycles. The van der Waals surface area contributed by atoms with Crippen LogP contribution in [0.2, 0.25) is 0 Å². The summed E-state index contributed by atoms with van der Waals surface area (Å²) >= 11 is 0. The molecule has 0 aliphatic carbocycles. The summed E-state index contributed by atoms with van der Waals surface area (Å²) < 4.78 is 3.87. The van der Waals surface area contributed by atoms with Crippen molar-refractivity contribution in [2.75, 3.05) is 0 Å². The highest BCUT2D eigenvalue weighted by molar-refractivity contribution is 5.50. The van der Waals surface area contributed by atoms with E-state index in [1.165, 1.54) is 0 Å². The van der Waals surface area contributed by atoms with Gasteiger partial charge in [-0.05, 0) is 39.7 Å². The topological polar surface area (TPSA) is 48.5 Å². The molecule has 0 radical (unpaired) electrons. The quantitative estimate of drug-likeness (QED) is 0.865. The fourth-order valence-electron chi connectivity index (χ4n) is 2.11. The molecule has 0 bridgehead atoms. The monoisotopic (exact) mass is 275 g/mol. The fraction of sp³-hybridized carbons (Fsp3) is 0.667. The van der Waals surface area contributed by atoms with Crippen LogP contribution in [-0.4, -0.2) is 24.5 Å². The Hall–Kier alpha value is -1.65. The van der Waals surface area contributed by atoms with Crippen molar-refractivity contribution >= 4 is 0 Å². The Labute approximate surface area is 121 Å². The zero-order valence-electron chi connectivity index (χ0n) is 13.6. The van der Waals surface area contributed by atoms with Gasteiger partial charge in [-0.25, -0.2) is 9.67 Å². The molecule has 0 aliphatic heterocycles. The van der Waals surface area contributed by atoms with Crippen LogP contribution in [0.15, 0.2) is 6.07 Å². The number of hydrogen-bond acceptors (Lipinski definition) is 3. The molecule has 5 nitrogen and oxygen atoms in total. The largest absolute Gasteiger partial charge is 0.272 e. The van der Waals surface area contributed by atoms with Gasteiger partial charge in [0.15, 0.2) is 11.6 Å². The second kappa shape index (κ2) is 5.04. The van der Waals surface area contributed by atoms with E-state index in [2.05, 4.69) is 45.8 Å². The molecule has 0 unspecified atom stereocenters. The Bertz CT molecular complexity index is 579. The van der Waals surface area contributed by atoms with Crippen LogP contribution < -0.4 is 0 Å². The van der Waals surface area contributed by atoms with Gasteiger partial charge < -0.3 is 0 Å². The van der Waals surface area contributed by atoms with Gasteiger partial charge in [0.25, 0.3) is 0 Å². The number of rotatable bonds is 3. The molecule has 110 valence electrons. The summed E-state index contributed by atoms with van der Waals surface area (Å²) in [6, 6.07) is 2.06. The van der Waals surface area contributed by atoms with E-state index in [9.17, 15) is 0 Å². The first-order chi connectivity index (χ1) is 9.18. The number of aromatic nitrogens is 5. The average molecular weight is 275 g/mol. The average Bonchev–Trinajstić information content (AvgIpc) is 2.82. The summed E-state index contributed by atoms with van der Waals surface area (Å²) in [5.41, 5.74) is 1.90.